The molecule has 2 atom stereocenters. The van der Waals surface area contributed by atoms with Gasteiger partial charge in [-0.05, 0) is 34.4 Å². The van der Waals surface area contributed by atoms with Crippen LogP contribution in [0.1, 0.15) is 43.7 Å². The Bertz CT molecular complexity index is 847. The van der Waals surface area contributed by atoms with Crippen molar-refractivity contribution in [1.82, 2.24) is 0 Å². The van der Waals surface area contributed by atoms with Crippen molar-refractivity contribution in [3.8, 4) is 6.07 Å². The number of hydrogen-bond acceptors (Lipinski definition) is 4. The lowest BCUT2D eigenvalue weighted by atomic mass is 9.70. The second-order valence-electron chi connectivity index (χ2n) is 7.45. The molecule has 0 radical (unpaired) electrons. The molecule has 1 aliphatic heterocycles. The van der Waals surface area contributed by atoms with Crippen LogP contribution in [0.15, 0.2) is 34.7 Å². The number of thioether (sulfide) groups is 1. The molecule has 0 aromatic heterocycles. The highest BCUT2D eigenvalue weighted by molar-refractivity contribution is 8.17. The largest absolute Gasteiger partial charge is 0.416 e. The molecule has 3 nitrogen and oxygen atoms in total. The first-order chi connectivity index (χ1) is 12.0. The van der Waals surface area contributed by atoms with Crippen LogP contribution < -0.4 is 0 Å². The fourth-order valence-corrected chi connectivity index (χ4v) is 5.00. The number of hydrogen-bond donors (Lipinski definition) is 1. The van der Waals surface area contributed by atoms with Crippen molar-refractivity contribution in [3.05, 3.63) is 45.9 Å². The maximum Gasteiger partial charge on any atom is 0.416 e. The molecule has 1 heterocycles. The molecule has 1 aromatic rings. The lowest BCUT2D eigenvalue weighted by molar-refractivity contribution is -0.137. The summed E-state index contributed by atoms with van der Waals surface area (Å²) >= 11 is 1.15. The lowest BCUT2D eigenvalue weighted by Crippen LogP contribution is -2.35. The van der Waals surface area contributed by atoms with Crippen molar-refractivity contribution in [2.75, 3.05) is 0 Å². The van der Waals surface area contributed by atoms with Gasteiger partial charge in [-0.1, -0.05) is 37.7 Å². The highest BCUT2D eigenvalue weighted by Gasteiger charge is 2.45. The minimum Gasteiger partial charge on any atom is -0.297 e. The Morgan fingerprint density at radius 3 is 2.38 bits per heavy atom. The molecule has 0 saturated heterocycles. The first-order valence-electron chi connectivity index (χ1n) is 8.13. The van der Waals surface area contributed by atoms with E-state index < -0.39 is 23.6 Å². The van der Waals surface area contributed by atoms with E-state index in [1.54, 1.807) is 0 Å². The molecule has 1 N–H and O–H groups in total. The van der Waals surface area contributed by atoms with Crippen molar-refractivity contribution in [2.24, 2.45) is 11.3 Å². The number of nitriles is 1. The van der Waals surface area contributed by atoms with E-state index >= 15 is 0 Å². The van der Waals surface area contributed by atoms with Gasteiger partial charge in [-0.3, -0.25) is 10.2 Å². The van der Waals surface area contributed by atoms with Crippen molar-refractivity contribution in [2.45, 2.75) is 38.8 Å². The number of Topliss-reactive ketones (excluding diaryl/α,β-unsaturated/α-hetero) is 1. The van der Waals surface area contributed by atoms with Gasteiger partial charge in [-0.15, -0.1) is 0 Å². The van der Waals surface area contributed by atoms with Gasteiger partial charge < -0.3 is 0 Å². The average molecular weight is 378 g/mol. The second kappa shape index (κ2) is 6.27. The zero-order valence-electron chi connectivity index (χ0n) is 14.3. The molecular weight excluding hydrogens is 361 g/mol. The third kappa shape index (κ3) is 3.30. The number of alkyl halides is 3. The summed E-state index contributed by atoms with van der Waals surface area (Å²) in [4.78, 5) is 13.6. The first kappa shape index (κ1) is 18.7. The predicted molar refractivity (Wildman–Crippen MR) is 93.7 cm³/mol. The van der Waals surface area contributed by atoms with Gasteiger partial charge in [0.2, 0.25) is 0 Å². The van der Waals surface area contributed by atoms with E-state index in [1.165, 1.54) is 12.1 Å². The molecule has 0 fully saturated rings. The highest BCUT2D eigenvalue weighted by atomic mass is 32.2. The number of carbonyl (C=O) groups is 1. The molecule has 1 aromatic carbocycles. The summed E-state index contributed by atoms with van der Waals surface area (Å²) in [6.45, 7) is 3.95. The molecule has 0 bridgehead atoms. The highest BCUT2D eigenvalue weighted by Crippen LogP contribution is 2.52. The summed E-state index contributed by atoms with van der Waals surface area (Å²) < 4.78 is 38.5. The van der Waals surface area contributed by atoms with Crippen molar-refractivity contribution >= 4 is 22.6 Å². The van der Waals surface area contributed by atoms with Gasteiger partial charge in [0.25, 0.3) is 0 Å². The number of halogens is 3. The molecule has 0 amide bonds. The third-order valence-electron chi connectivity index (χ3n) is 4.78. The van der Waals surface area contributed by atoms with Gasteiger partial charge >= 0.3 is 6.18 Å². The van der Waals surface area contributed by atoms with Gasteiger partial charge in [0, 0.05) is 17.9 Å². The molecule has 26 heavy (non-hydrogen) atoms. The van der Waals surface area contributed by atoms with Crippen LogP contribution in [0.3, 0.4) is 0 Å². The molecule has 0 saturated carbocycles. The maximum absolute atomic E-state index is 12.8. The van der Waals surface area contributed by atoms with Gasteiger partial charge in [0.1, 0.15) is 5.92 Å². The normalized spacial score (nSPS) is 25.7. The Balaban J connectivity index is 2.11. The minimum atomic E-state index is -4.45. The van der Waals surface area contributed by atoms with E-state index in [4.69, 9.17) is 5.41 Å². The topological polar surface area (TPSA) is 64.7 Å². The Morgan fingerprint density at radius 1 is 1.23 bits per heavy atom. The van der Waals surface area contributed by atoms with Crippen LogP contribution in [0.25, 0.3) is 0 Å². The van der Waals surface area contributed by atoms with E-state index in [0.717, 1.165) is 28.8 Å². The van der Waals surface area contributed by atoms with Crippen molar-refractivity contribution in [3.63, 3.8) is 0 Å². The third-order valence-corrected chi connectivity index (χ3v) is 5.86. The van der Waals surface area contributed by atoms with Gasteiger partial charge in [-0.25, -0.2) is 0 Å². The number of nitrogens with zero attached hydrogens (tertiary/aromatic N) is 1. The molecular formula is C19H17F3N2OS. The Kier molecular flexibility index (Phi) is 4.51. The van der Waals surface area contributed by atoms with Crippen LogP contribution in [0.5, 0.6) is 0 Å². The van der Waals surface area contributed by atoms with Crippen LogP contribution in [0.4, 0.5) is 13.2 Å². The number of allylic oxidation sites excluding steroid dienone is 2. The Hall–Kier alpha value is -2.07. The zero-order valence-corrected chi connectivity index (χ0v) is 15.1. The Morgan fingerprint density at radius 2 is 1.85 bits per heavy atom. The van der Waals surface area contributed by atoms with Crippen molar-refractivity contribution in [1.29, 1.82) is 10.7 Å². The molecule has 0 spiro atoms. The molecule has 2 aliphatic rings. The number of carbonyl (C=O) groups excluding carboxylic acids is 1. The van der Waals surface area contributed by atoms with Crippen LogP contribution in [-0.2, 0) is 11.0 Å². The molecule has 1 aliphatic carbocycles. The lowest BCUT2D eigenvalue weighted by Gasteiger charge is -2.39. The van der Waals surface area contributed by atoms with Crippen molar-refractivity contribution < 1.29 is 18.0 Å². The van der Waals surface area contributed by atoms with Crippen LogP contribution in [0, 0.1) is 28.1 Å². The van der Waals surface area contributed by atoms with E-state index in [0.29, 0.717) is 24.0 Å². The minimum absolute atomic E-state index is 0.0820. The average Bonchev–Trinajstić information content (AvgIpc) is 2.51. The Labute approximate surface area is 153 Å². The summed E-state index contributed by atoms with van der Waals surface area (Å²) in [6, 6.07) is 6.63. The monoisotopic (exact) mass is 378 g/mol. The van der Waals surface area contributed by atoms with Gasteiger partial charge in [0.15, 0.2) is 5.78 Å². The van der Waals surface area contributed by atoms with E-state index in [-0.39, 0.29) is 16.2 Å². The molecule has 7 heteroatoms. The maximum atomic E-state index is 12.8. The fourth-order valence-electron chi connectivity index (χ4n) is 3.60. The van der Waals surface area contributed by atoms with E-state index in [9.17, 15) is 23.2 Å². The zero-order chi connectivity index (χ0) is 19.3. The van der Waals surface area contributed by atoms with Crippen LogP contribution in [0.2, 0.25) is 0 Å². The molecule has 136 valence electrons. The smallest absolute Gasteiger partial charge is 0.297 e. The fraction of sp³-hybridized carbons (Fsp3) is 0.421. The second-order valence-corrected chi connectivity index (χ2v) is 8.59. The summed E-state index contributed by atoms with van der Waals surface area (Å²) in [5, 5.41) is 17.9. The molecule has 0 unspecified atom stereocenters. The molecule has 3 rings (SSSR count). The summed E-state index contributed by atoms with van der Waals surface area (Å²) in [7, 11) is 0. The van der Waals surface area contributed by atoms with E-state index in [2.05, 4.69) is 6.07 Å². The number of benzene rings is 1. The summed E-state index contributed by atoms with van der Waals surface area (Å²) in [6.07, 6.45) is -3.50. The van der Waals surface area contributed by atoms with Gasteiger partial charge in [0.05, 0.1) is 16.7 Å². The number of ketones is 1. The quantitative estimate of drug-likeness (QED) is 0.721. The number of nitrogens with one attached hydrogen (secondary N) is 1. The van der Waals surface area contributed by atoms with Crippen LogP contribution >= 0.6 is 11.8 Å². The SMILES string of the molecule is CC1(C)CC(=O)C2=C(C1)SC(=N)[C@H](C#N)[C@@H]2c1ccc(C(F)(F)F)cc1. The first-order valence-corrected chi connectivity index (χ1v) is 8.94. The summed E-state index contributed by atoms with van der Waals surface area (Å²) in [5.41, 5.74) is -0.0417. The standard InChI is InChI=1S/C19H17F3N2OS/c1-18(2)7-13(25)16-14(8-18)26-17(24)12(9-23)15(16)10-3-5-11(6-4-10)19(20,21)22/h3-6,12,15,24H,7-8H2,1-2H3/t12-,15+/m1/s1. The number of rotatable bonds is 1. The van der Waals surface area contributed by atoms with Gasteiger partial charge in [-0.2, -0.15) is 18.4 Å². The summed E-state index contributed by atoms with van der Waals surface area (Å²) in [5.74, 6) is -1.63. The predicted octanol–water partition coefficient (Wildman–Crippen LogP) is 5.30. The van der Waals surface area contributed by atoms with E-state index in [1.807, 2.05) is 13.8 Å². The van der Waals surface area contributed by atoms with Crippen LogP contribution in [-0.4, -0.2) is 10.8 Å².